The van der Waals surface area contributed by atoms with Gasteiger partial charge in [-0.15, -0.1) is 0 Å². The van der Waals surface area contributed by atoms with E-state index in [1.807, 2.05) is 23.1 Å². The third-order valence-corrected chi connectivity index (χ3v) is 8.88. The molecule has 7 rings (SSSR count). The van der Waals surface area contributed by atoms with E-state index in [2.05, 4.69) is 0 Å². The van der Waals surface area contributed by atoms with Crippen LogP contribution >= 0.6 is 23.2 Å². The molecule has 0 bridgehead atoms. The zero-order valence-corrected chi connectivity index (χ0v) is 22.4. The predicted molar refractivity (Wildman–Crippen MR) is 153 cm³/mol. The first-order valence-corrected chi connectivity index (χ1v) is 13.6. The van der Waals surface area contributed by atoms with E-state index in [9.17, 15) is 18.8 Å². The van der Waals surface area contributed by atoms with Gasteiger partial charge in [0.15, 0.2) is 17.3 Å². The molecule has 1 aliphatic carbocycles. The summed E-state index contributed by atoms with van der Waals surface area (Å²) in [5, 5.41) is 1.01. The number of hydrogen-bond donors (Lipinski definition) is 0. The van der Waals surface area contributed by atoms with Crippen LogP contribution in [0.15, 0.2) is 97.1 Å². The largest absolute Gasteiger partial charge is 0.352 e. The number of carbonyl (C=O) groups excluding carboxylic acids is 3. The Morgan fingerprint density at radius 3 is 2.08 bits per heavy atom. The molecule has 1 fully saturated rings. The van der Waals surface area contributed by atoms with Crippen molar-refractivity contribution in [3.63, 3.8) is 0 Å². The molecular formula is C33H20Cl2FNO3. The van der Waals surface area contributed by atoms with E-state index < -0.39 is 29.2 Å². The molecule has 1 spiro atoms. The first-order chi connectivity index (χ1) is 19.3. The van der Waals surface area contributed by atoms with Gasteiger partial charge in [-0.3, -0.25) is 14.4 Å². The molecule has 0 aromatic heterocycles. The minimum absolute atomic E-state index is 0.279. The summed E-state index contributed by atoms with van der Waals surface area (Å²) in [5.74, 6) is -2.30. The Labute approximate surface area is 239 Å². The Morgan fingerprint density at radius 2 is 1.43 bits per heavy atom. The summed E-state index contributed by atoms with van der Waals surface area (Å²) in [7, 11) is 0. The number of Topliss-reactive ketones (excluding diaryl/α,β-unsaturated/α-hetero) is 3. The Balaban J connectivity index is 1.54. The van der Waals surface area contributed by atoms with Crippen molar-refractivity contribution in [1.29, 1.82) is 0 Å². The molecule has 3 aliphatic rings. The molecule has 40 heavy (non-hydrogen) atoms. The van der Waals surface area contributed by atoms with Gasteiger partial charge in [0, 0.05) is 38.3 Å². The van der Waals surface area contributed by atoms with Crippen molar-refractivity contribution in [3.8, 4) is 0 Å². The number of carbonyl (C=O) groups is 3. The normalized spacial score (nSPS) is 21.9. The Bertz CT molecular complexity index is 1730. The molecule has 4 nitrogen and oxygen atoms in total. The lowest BCUT2D eigenvalue weighted by atomic mass is 9.64. The smallest absolute Gasteiger partial charge is 0.185 e. The quantitative estimate of drug-likeness (QED) is 0.190. The number of fused-ring (bicyclic) bond motifs is 5. The second kappa shape index (κ2) is 8.98. The van der Waals surface area contributed by atoms with Crippen LogP contribution in [0.25, 0.3) is 6.08 Å². The van der Waals surface area contributed by atoms with E-state index in [1.165, 1.54) is 24.3 Å². The van der Waals surface area contributed by atoms with Crippen molar-refractivity contribution in [2.24, 2.45) is 5.41 Å². The van der Waals surface area contributed by atoms with Crippen LogP contribution in [0.5, 0.6) is 0 Å². The lowest BCUT2D eigenvalue weighted by Crippen LogP contribution is -2.48. The summed E-state index contributed by atoms with van der Waals surface area (Å²) in [6, 6.07) is 22.7. The Kier molecular flexibility index (Phi) is 5.60. The van der Waals surface area contributed by atoms with Crippen molar-refractivity contribution in [3.05, 3.63) is 141 Å². The zero-order chi connectivity index (χ0) is 27.8. The monoisotopic (exact) mass is 567 g/mol. The zero-order valence-electron chi connectivity index (χ0n) is 20.9. The van der Waals surface area contributed by atoms with Gasteiger partial charge in [-0.2, -0.15) is 0 Å². The summed E-state index contributed by atoms with van der Waals surface area (Å²) in [6.07, 6.45) is 3.69. The number of nitrogens with zero attached hydrogens (tertiary/aromatic N) is 1. The molecular weight excluding hydrogens is 548 g/mol. The van der Waals surface area contributed by atoms with E-state index in [0.717, 1.165) is 5.56 Å². The molecule has 1 saturated heterocycles. The second-order valence-electron chi connectivity index (χ2n) is 10.3. The summed E-state index contributed by atoms with van der Waals surface area (Å²) in [6.45, 7) is 0. The highest BCUT2D eigenvalue weighted by Crippen LogP contribution is 2.61. The van der Waals surface area contributed by atoms with Crippen LogP contribution in [-0.4, -0.2) is 29.4 Å². The maximum atomic E-state index is 14.6. The summed E-state index contributed by atoms with van der Waals surface area (Å²) < 4.78 is 13.9. The van der Waals surface area contributed by atoms with Crippen molar-refractivity contribution in [2.45, 2.75) is 18.0 Å². The van der Waals surface area contributed by atoms with Crippen LogP contribution in [-0.2, 0) is 0 Å². The van der Waals surface area contributed by atoms with Gasteiger partial charge >= 0.3 is 0 Å². The van der Waals surface area contributed by atoms with Crippen molar-refractivity contribution in [1.82, 2.24) is 0 Å². The number of anilines is 1. The number of ketones is 3. The number of hydrogen-bond acceptors (Lipinski definition) is 4. The van der Waals surface area contributed by atoms with Crippen LogP contribution in [0, 0.1) is 11.2 Å². The molecule has 2 heterocycles. The van der Waals surface area contributed by atoms with Gasteiger partial charge in [0.1, 0.15) is 17.3 Å². The molecule has 3 atom stereocenters. The Morgan fingerprint density at radius 1 is 0.800 bits per heavy atom. The molecule has 0 amide bonds. The van der Waals surface area contributed by atoms with Gasteiger partial charge in [0.25, 0.3) is 0 Å². The van der Waals surface area contributed by atoms with E-state index in [4.69, 9.17) is 23.2 Å². The predicted octanol–water partition coefficient (Wildman–Crippen LogP) is 7.45. The minimum Gasteiger partial charge on any atom is -0.352 e. The van der Waals surface area contributed by atoms with Crippen molar-refractivity contribution < 1.29 is 18.8 Å². The van der Waals surface area contributed by atoms with Gasteiger partial charge in [0.2, 0.25) is 0 Å². The topological polar surface area (TPSA) is 54.5 Å². The van der Waals surface area contributed by atoms with E-state index in [1.54, 1.807) is 60.7 Å². The van der Waals surface area contributed by atoms with Gasteiger partial charge in [-0.1, -0.05) is 71.8 Å². The third kappa shape index (κ3) is 3.34. The van der Waals surface area contributed by atoms with Crippen LogP contribution in [0.2, 0.25) is 10.0 Å². The lowest BCUT2D eigenvalue weighted by Gasteiger charge is -2.37. The van der Waals surface area contributed by atoms with Gasteiger partial charge in [-0.05, 0) is 65.7 Å². The summed E-state index contributed by atoms with van der Waals surface area (Å²) in [5.41, 5.74) is 1.44. The van der Waals surface area contributed by atoms with Gasteiger partial charge in [0.05, 0.1) is 6.04 Å². The number of benzene rings is 4. The molecule has 3 unspecified atom stereocenters. The molecule has 2 aliphatic heterocycles. The van der Waals surface area contributed by atoms with Crippen LogP contribution in [0.4, 0.5) is 10.1 Å². The van der Waals surface area contributed by atoms with Gasteiger partial charge < -0.3 is 4.90 Å². The van der Waals surface area contributed by atoms with Crippen LogP contribution in [0.1, 0.15) is 48.1 Å². The average molecular weight is 568 g/mol. The first-order valence-electron chi connectivity index (χ1n) is 12.8. The van der Waals surface area contributed by atoms with Crippen molar-refractivity contribution >= 4 is 52.3 Å². The SMILES string of the molecule is O=C(c1ccc(F)cc1)C1C(c2ccc(Cl)cc2)C2(C(=O)c3ccccc3C2=O)C2C=Cc3cc(Cl)ccc3N12. The van der Waals surface area contributed by atoms with Crippen LogP contribution in [0.3, 0.4) is 0 Å². The lowest BCUT2D eigenvalue weighted by molar-refractivity contribution is 0.0666. The molecule has 7 heteroatoms. The highest BCUT2D eigenvalue weighted by Gasteiger charge is 2.71. The fraction of sp³-hybridized carbons (Fsp3) is 0.121. The van der Waals surface area contributed by atoms with E-state index >= 15 is 0 Å². The van der Waals surface area contributed by atoms with Crippen molar-refractivity contribution in [2.75, 3.05) is 4.90 Å². The minimum atomic E-state index is -1.62. The average Bonchev–Trinajstić information content (AvgIpc) is 3.39. The summed E-state index contributed by atoms with van der Waals surface area (Å²) >= 11 is 12.6. The number of halogens is 3. The fourth-order valence-electron chi connectivity index (χ4n) is 6.78. The number of rotatable bonds is 3. The summed E-state index contributed by atoms with van der Waals surface area (Å²) in [4.78, 5) is 45.5. The van der Waals surface area contributed by atoms with E-state index in [-0.39, 0.29) is 22.9 Å². The fourth-order valence-corrected chi connectivity index (χ4v) is 7.08. The molecule has 4 aromatic rings. The maximum absolute atomic E-state index is 14.6. The molecule has 196 valence electrons. The second-order valence-corrected chi connectivity index (χ2v) is 11.2. The van der Waals surface area contributed by atoms with E-state index in [0.29, 0.717) is 32.4 Å². The molecule has 0 saturated carbocycles. The maximum Gasteiger partial charge on any atom is 0.185 e. The molecule has 0 radical (unpaired) electrons. The highest BCUT2D eigenvalue weighted by molar-refractivity contribution is 6.33. The Hall–Kier alpha value is -4.06. The standard InChI is InChI=1S/C33H20Cl2FNO3/c34-21-10-5-18(6-11-21)28-29(30(38)19-7-13-23(36)14-8-19)37-26-15-12-22(35)17-20(26)9-16-27(37)33(28)31(39)24-3-1-2-4-25(24)32(33)40/h1-17,27-29H. The van der Waals surface area contributed by atoms with Gasteiger partial charge in [-0.25, -0.2) is 4.39 Å². The third-order valence-electron chi connectivity index (χ3n) is 8.39. The highest BCUT2D eigenvalue weighted by atomic mass is 35.5. The van der Waals surface area contributed by atoms with Crippen LogP contribution < -0.4 is 4.90 Å². The first kappa shape index (κ1) is 24.9. The molecule has 0 N–H and O–H groups in total. The molecule has 4 aromatic carbocycles.